The zero-order valence-electron chi connectivity index (χ0n) is 6.03. The van der Waals surface area contributed by atoms with Crippen molar-refractivity contribution in [3.8, 4) is 0 Å². The Morgan fingerprint density at radius 3 is 3.00 bits per heavy atom. The SMILES string of the molecule is Nc1nc(Cl)c2cccnc2n1. The average Bonchev–Trinajstić information content (AvgIpc) is 2.04. The predicted molar refractivity (Wildman–Crippen MR) is 46.8 cm³/mol. The van der Waals surface area contributed by atoms with Crippen molar-refractivity contribution in [2.45, 2.75) is 0 Å². The first-order valence-corrected chi connectivity index (χ1v) is 3.69. The molecule has 4 nitrogen and oxygen atoms in total. The molecule has 0 aliphatic carbocycles. The molecule has 0 unspecified atom stereocenters. The van der Waals surface area contributed by atoms with Gasteiger partial charge < -0.3 is 5.73 Å². The monoisotopic (exact) mass is 180 g/mol. The Morgan fingerprint density at radius 2 is 2.17 bits per heavy atom. The summed E-state index contributed by atoms with van der Waals surface area (Å²) in [5, 5.41) is 1.05. The van der Waals surface area contributed by atoms with Crippen LogP contribution < -0.4 is 5.73 Å². The molecule has 2 aromatic heterocycles. The highest BCUT2D eigenvalue weighted by molar-refractivity contribution is 6.34. The number of fused-ring (bicyclic) bond motifs is 1. The summed E-state index contributed by atoms with van der Waals surface area (Å²) in [5.74, 6) is 0.145. The number of hydrogen-bond donors (Lipinski definition) is 1. The van der Waals surface area contributed by atoms with Crippen molar-refractivity contribution in [1.29, 1.82) is 0 Å². The van der Waals surface area contributed by atoms with E-state index in [1.54, 1.807) is 18.3 Å². The summed E-state index contributed by atoms with van der Waals surface area (Å²) in [6.45, 7) is 0. The van der Waals surface area contributed by atoms with Gasteiger partial charge >= 0.3 is 0 Å². The van der Waals surface area contributed by atoms with E-state index >= 15 is 0 Å². The van der Waals surface area contributed by atoms with E-state index < -0.39 is 0 Å². The van der Waals surface area contributed by atoms with E-state index in [0.29, 0.717) is 16.2 Å². The van der Waals surface area contributed by atoms with Gasteiger partial charge in [-0.1, -0.05) is 11.6 Å². The molecule has 60 valence electrons. The topological polar surface area (TPSA) is 64.7 Å². The highest BCUT2D eigenvalue weighted by Gasteiger charge is 2.02. The van der Waals surface area contributed by atoms with E-state index in [4.69, 9.17) is 17.3 Å². The second-order valence-electron chi connectivity index (χ2n) is 2.25. The van der Waals surface area contributed by atoms with Crippen LogP contribution >= 0.6 is 11.6 Å². The zero-order chi connectivity index (χ0) is 8.55. The third kappa shape index (κ3) is 1.06. The zero-order valence-corrected chi connectivity index (χ0v) is 6.78. The van der Waals surface area contributed by atoms with Crippen molar-refractivity contribution in [2.24, 2.45) is 0 Å². The van der Waals surface area contributed by atoms with Gasteiger partial charge in [-0.25, -0.2) is 9.97 Å². The molecule has 2 heterocycles. The molecular weight excluding hydrogens is 176 g/mol. The molecule has 0 atom stereocenters. The van der Waals surface area contributed by atoms with E-state index in [1.165, 1.54) is 0 Å². The Bertz CT molecular complexity index is 429. The molecule has 5 heteroatoms. The van der Waals surface area contributed by atoms with Crippen molar-refractivity contribution in [3.63, 3.8) is 0 Å². The van der Waals surface area contributed by atoms with Crippen LogP contribution in [0.5, 0.6) is 0 Å². The number of aromatic nitrogens is 3. The third-order valence-corrected chi connectivity index (χ3v) is 1.73. The van der Waals surface area contributed by atoms with Crippen LogP contribution in [-0.2, 0) is 0 Å². The van der Waals surface area contributed by atoms with E-state index in [9.17, 15) is 0 Å². The van der Waals surface area contributed by atoms with Gasteiger partial charge in [0.05, 0.1) is 5.39 Å². The number of nitrogens with two attached hydrogens (primary N) is 1. The summed E-state index contributed by atoms with van der Waals surface area (Å²) < 4.78 is 0. The average molecular weight is 181 g/mol. The summed E-state index contributed by atoms with van der Waals surface area (Å²) in [7, 11) is 0. The molecule has 2 aromatic rings. The first kappa shape index (κ1) is 7.24. The van der Waals surface area contributed by atoms with E-state index in [-0.39, 0.29) is 5.95 Å². The van der Waals surface area contributed by atoms with Crippen LogP contribution in [0.4, 0.5) is 5.95 Å². The minimum Gasteiger partial charge on any atom is -0.368 e. The Balaban J connectivity index is 2.89. The van der Waals surface area contributed by atoms with E-state index in [0.717, 1.165) is 0 Å². The van der Waals surface area contributed by atoms with Gasteiger partial charge in [0, 0.05) is 6.20 Å². The third-order valence-electron chi connectivity index (χ3n) is 1.44. The smallest absolute Gasteiger partial charge is 0.223 e. The lowest BCUT2D eigenvalue weighted by Gasteiger charge is -1.97. The van der Waals surface area contributed by atoms with Crippen LogP contribution in [0.25, 0.3) is 11.0 Å². The summed E-state index contributed by atoms with van der Waals surface area (Å²) in [6.07, 6.45) is 1.63. The van der Waals surface area contributed by atoms with Crippen LogP contribution in [-0.4, -0.2) is 15.0 Å². The lowest BCUT2D eigenvalue weighted by molar-refractivity contribution is 1.20. The highest BCUT2D eigenvalue weighted by atomic mass is 35.5. The molecule has 0 spiro atoms. The molecule has 0 aliphatic rings. The molecule has 0 fully saturated rings. The second kappa shape index (κ2) is 2.57. The molecule has 12 heavy (non-hydrogen) atoms. The van der Waals surface area contributed by atoms with Crippen LogP contribution in [0.15, 0.2) is 18.3 Å². The number of rotatable bonds is 0. The standard InChI is InChI=1S/C7H5ClN4/c8-5-4-2-1-3-10-6(4)12-7(9)11-5/h1-3H,(H2,9,10,11,12). The Morgan fingerprint density at radius 1 is 1.33 bits per heavy atom. The van der Waals surface area contributed by atoms with Crippen molar-refractivity contribution in [2.75, 3.05) is 5.73 Å². The first-order chi connectivity index (χ1) is 5.77. The second-order valence-corrected chi connectivity index (χ2v) is 2.61. The fourth-order valence-corrected chi connectivity index (χ4v) is 1.18. The molecular formula is C7H5ClN4. The molecule has 2 rings (SSSR count). The van der Waals surface area contributed by atoms with Gasteiger partial charge in [-0.05, 0) is 12.1 Å². The molecule has 2 N–H and O–H groups in total. The van der Waals surface area contributed by atoms with Gasteiger partial charge in [-0.2, -0.15) is 4.98 Å². The fourth-order valence-electron chi connectivity index (χ4n) is 0.941. The van der Waals surface area contributed by atoms with Crippen molar-refractivity contribution in [1.82, 2.24) is 15.0 Å². The van der Waals surface area contributed by atoms with Gasteiger partial charge in [-0.3, -0.25) is 0 Å². The molecule has 0 aromatic carbocycles. The number of nitrogens with zero attached hydrogens (tertiary/aromatic N) is 3. The minimum absolute atomic E-state index is 0.145. The summed E-state index contributed by atoms with van der Waals surface area (Å²) >= 11 is 5.79. The van der Waals surface area contributed by atoms with Crippen LogP contribution in [0.3, 0.4) is 0 Å². The molecule has 0 bridgehead atoms. The van der Waals surface area contributed by atoms with Crippen LogP contribution in [0.2, 0.25) is 5.15 Å². The maximum atomic E-state index is 5.79. The normalized spacial score (nSPS) is 10.4. The van der Waals surface area contributed by atoms with Gasteiger partial charge in [0.1, 0.15) is 5.15 Å². The number of anilines is 1. The predicted octanol–water partition coefficient (Wildman–Crippen LogP) is 1.26. The molecule has 0 amide bonds. The molecule has 0 aliphatic heterocycles. The maximum absolute atomic E-state index is 5.79. The summed E-state index contributed by atoms with van der Waals surface area (Å²) in [6, 6.07) is 3.57. The first-order valence-electron chi connectivity index (χ1n) is 3.31. The van der Waals surface area contributed by atoms with Gasteiger partial charge in [0.2, 0.25) is 5.95 Å². The van der Waals surface area contributed by atoms with Crippen molar-refractivity contribution < 1.29 is 0 Å². The number of hydrogen-bond acceptors (Lipinski definition) is 4. The Kier molecular flexibility index (Phi) is 1.55. The summed E-state index contributed by atoms with van der Waals surface area (Å²) in [5.41, 5.74) is 5.90. The Hall–Kier alpha value is -1.42. The number of nitrogen functional groups attached to an aromatic ring is 1. The highest BCUT2D eigenvalue weighted by Crippen LogP contribution is 2.18. The minimum atomic E-state index is 0.145. The van der Waals surface area contributed by atoms with Crippen molar-refractivity contribution >= 4 is 28.6 Å². The van der Waals surface area contributed by atoms with Gasteiger partial charge in [-0.15, -0.1) is 0 Å². The number of pyridine rings is 1. The lowest BCUT2D eigenvalue weighted by Crippen LogP contribution is -1.96. The molecule has 0 saturated heterocycles. The van der Waals surface area contributed by atoms with Gasteiger partial charge in [0.15, 0.2) is 5.65 Å². The fraction of sp³-hybridized carbons (Fsp3) is 0. The molecule has 0 radical (unpaired) electrons. The quantitative estimate of drug-likeness (QED) is 0.620. The van der Waals surface area contributed by atoms with Crippen LogP contribution in [0.1, 0.15) is 0 Å². The lowest BCUT2D eigenvalue weighted by atomic mass is 10.3. The maximum Gasteiger partial charge on any atom is 0.223 e. The van der Waals surface area contributed by atoms with Crippen LogP contribution in [0, 0.1) is 0 Å². The largest absolute Gasteiger partial charge is 0.368 e. The Labute approximate surface area is 73.4 Å². The number of halogens is 1. The van der Waals surface area contributed by atoms with Crippen molar-refractivity contribution in [3.05, 3.63) is 23.5 Å². The summed E-state index contributed by atoms with van der Waals surface area (Å²) in [4.78, 5) is 11.7. The molecule has 0 saturated carbocycles. The van der Waals surface area contributed by atoms with E-state index in [2.05, 4.69) is 15.0 Å². The van der Waals surface area contributed by atoms with Gasteiger partial charge in [0.25, 0.3) is 0 Å². The van der Waals surface area contributed by atoms with E-state index in [1.807, 2.05) is 0 Å².